The lowest BCUT2D eigenvalue weighted by Crippen LogP contribution is -2.45. The van der Waals surface area contributed by atoms with Crippen molar-refractivity contribution < 1.29 is 39.5 Å². The van der Waals surface area contributed by atoms with E-state index in [0.717, 1.165) is 0 Å². The summed E-state index contributed by atoms with van der Waals surface area (Å²) in [5, 5.41) is 0. The number of rotatable bonds is 7. The van der Waals surface area contributed by atoms with Crippen LogP contribution in [0.3, 0.4) is 0 Å². The van der Waals surface area contributed by atoms with E-state index < -0.39 is 45.8 Å². The molecule has 0 bridgehead atoms. The predicted octanol–water partition coefficient (Wildman–Crippen LogP) is 3.48. The second-order valence-corrected chi connectivity index (χ2v) is 6.98. The van der Waals surface area contributed by atoms with E-state index in [1.165, 1.54) is 0 Å². The minimum absolute atomic E-state index is 0.0778. The van der Waals surface area contributed by atoms with Crippen LogP contribution in [0.15, 0.2) is 0 Å². The zero-order chi connectivity index (χ0) is 16.2. The molecule has 0 fully saturated rings. The van der Waals surface area contributed by atoms with Gasteiger partial charge in [-0.15, -0.1) is 0 Å². The van der Waals surface area contributed by atoms with Gasteiger partial charge in [-0.3, -0.25) is 0 Å². The highest BCUT2D eigenvalue weighted by Crippen LogP contribution is 2.36. The summed E-state index contributed by atoms with van der Waals surface area (Å²) in [4.78, 5) is 0. The Hall–Kier alpha value is -0.220. The van der Waals surface area contributed by atoms with Gasteiger partial charge in [-0.2, -0.15) is 26.3 Å². The maximum absolute atomic E-state index is 12.2. The van der Waals surface area contributed by atoms with Crippen molar-refractivity contribution in [2.75, 3.05) is 12.4 Å². The van der Waals surface area contributed by atoms with Gasteiger partial charge in [0.1, 0.15) is 0 Å². The predicted molar refractivity (Wildman–Crippen MR) is 59.9 cm³/mol. The van der Waals surface area contributed by atoms with Crippen LogP contribution in [0.5, 0.6) is 0 Å². The molecule has 20 heavy (non-hydrogen) atoms. The van der Waals surface area contributed by atoms with Gasteiger partial charge in [0.15, 0.2) is 0 Å². The van der Waals surface area contributed by atoms with E-state index in [1.807, 2.05) is 0 Å². The molecule has 0 saturated heterocycles. The first kappa shape index (κ1) is 19.8. The summed E-state index contributed by atoms with van der Waals surface area (Å²) in [6, 6.07) is 0. The third-order valence-corrected chi connectivity index (χ3v) is 3.47. The molecule has 0 aliphatic carbocycles. The molecule has 0 rings (SSSR count). The monoisotopic (exact) mass is 350 g/mol. The summed E-state index contributed by atoms with van der Waals surface area (Å²) in [7, 11) is 0.896. The Kier molecular flexibility index (Phi) is 7.09. The molecule has 0 saturated carbocycles. The summed E-state index contributed by atoms with van der Waals surface area (Å²) >= 11 is 0. The average Bonchev–Trinajstić information content (AvgIpc) is 2.10. The van der Waals surface area contributed by atoms with E-state index >= 15 is 0 Å². The van der Waals surface area contributed by atoms with Crippen molar-refractivity contribution in [3.05, 3.63) is 0 Å². The molecule has 0 aromatic heterocycles. The number of hydrogen-bond donors (Lipinski definition) is 0. The maximum Gasteiger partial charge on any atom is 0.423 e. The van der Waals surface area contributed by atoms with Gasteiger partial charge >= 0.3 is 12.4 Å². The average molecular weight is 351 g/mol. The van der Waals surface area contributed by atoms with E-state index in [-0.39, 0.29) is 6.42 Å². The van der Waals surface area contributed by atoms with Crippen molar-refractivity contribution in [2.45, 2.75) is 38.2 Å². The fraction of sp³-hybridized carbons (Fsp3) is 1.00. The Labute approximate surface area is 116 Å². The van der Waals surface area contributed by atoms with Crippen LogP contribution in [0.1, 0.15) is 19.8 Å². The lowest BCUT2D eigenvalue weighted by atomic mass is 10.1. The van der Waals surface area contributed by atoms with Crippen LogP contribution in [0, 0.1) is 5.92 Å². The smallest absolute Gasteiger partial charge is 0.361 e. The Balaban J connectivity index is 4.80. The van der Waals surface area contributed by atoms with Crippen LogP contribution in [-0.4, -0.2) is 39.2 Å². The molecule has 122 valence electrons. The molecule has 0 aromatic carbocycles. The SMILES string of the molecule is CCCC(COC(C(F)(F)F)C(F)(F)F)CS(=O)(=O)Cl. The van der Waals surface area contributed by atoms with Crippen LogP contribution in [0.2, 0.25) is 0 Å². The Morgan fingerprint density at radius 1 is 1.10 bits per heavy atom. The standard InChI is InChI=1S/C9H13ClF6O3S/c1-2-3-6(5-20(10,17)18)4-19-7(8(11,12)13)9(14,15)16/h6-7H,2-5H2,1H3. The third-order valence-electron chi connectivity index (χ3n) is 2.22. The van der Waals surface area contributed by atoms with Crippen molar-refractivity contribution in [1.29, 1.82) is 0 Å². The first-order chi connectivity index (χ1) is 8.77. The first-order valence-electron chi connectivity index (χ1n) is 5.44. The molecule has 1 unspecified atom stereocenters. The summed E-state index contributed by atoms with van der Waals surface area (Å²) < 4.78 is 98.7. The maximum atomic E-state index is 12.2. The van der Waals surface area contributed by atoms with E-state index in [9.17, 15) is 34.8 Å². The topological polar surface area (TPSA) is 43.4 Å². The molecule has 0 amide bonds. The second-order valence-electron chi connectivity index (χ2n) is 4.16. The Morgan fingerprint density at radius 2 is 1.55 bits per heavy atom. The van der Waals surface area contributed by atoms with Crippen molar-refractivity contribution in [3.8, 4) is 0 Å². The van der Waals surface area contributed by atoms with Crippen LogP contribution < -0.4 is 0 Å². The quantitative estimate of drug-likeness (QED) is 0.521. The molecule has 0 spiro atoms. The molecule has 0 N–H and O–H groups in total. The zero-order valence-corrected chi connectivity index (χ0v) is 11.8. The van der Waals surface area contributed by atoms with Crippen molar-refractivity contribution in [1.82, 2.24) is 0 Å². The summed E-state index contributed by atoms with van der Waals surface area (Å²) in [6.07, 6.45) is -14.7. The number of hydrogen-bond acceptors (Lipinski definition) is 3. The number of ether oxygens (including phenoxy) is 1. The summed E-state index contributed by atoms with van der Waals surface area (Å²) in [6.45, 7) is 0.600. The van der Waals surface area contributed by atoms with E-state index in [2.05, 4.69) is 4.74 Å². The fourth-order valence-corrected chi connectivity index (χ4v) is 2.87. The van der Waals surface area contributed by atoms with E-state index in [1.54, 1.807) is 6.92 Å². The zero-order valence-electron chi connectivity index (χ0n) is 10.3. The Bertz CT molecular complexity index is 377. The molecule has 0 heterocycles. The first-order valence-corrected chi connectivity index (χ1v) is 7.92. The fourth-order valence-electron chi connectivity index (χ4n) is 1.51. The molecule has 11 heteroatoms. The third kappa shape index (κ3) is 8.15. The van der Waals surface area contributed by atoms with Gasteiger partial charge in [0.2, 0.25) is 15.2 Å². The van der Waals surface area contributed by atoms with Gasteiger partial charge in [-0.1, -0.05) is 13.3 Å². The minimum atomic E-state index is -5.62. The van der Waals surface area contributed by atoms with Gasteiger partial charge in [-0.25, -0.2) is 8.42 Å². The molecule has 3 nitrogen and oxygen atoms in total. The summed E-state index contributed by atoms with van der Waals surface area (Å²) in [5.74, 6) is -1.78. The summed E-state index contributed by atoms with van der Waals surface area (Å²) in [5.41, 5.74) is 0. The molecular weight excluding hydrogens is 338 g/mol. The van der Waals surface area contributed by atoms with Gasteiger partial charge in [-0.05, 0) is 12.3 Å². The van der Waals surface area contributed by atoms with Gasteiger partial charge in [0.05, 0.1) is 12.4 Å². The number of alkyl halides is 6. The molecule has 0 radical (unpaired) electrons. The lowest BCUT2D eigenvalue weighted by Gasteiger charge is -2.25. The van der Waals surface area contributed by atoms with Crippen LogP contribution in [0.25, 0.3) is 0 Å². The van der Waals surface area contributed by atoms with Gasteiger partial charge in [0.25, 0.3) is 0 Å². The van der Waals surface area contributed by atoms with Crippen LogP contribution >= 0.6 is 10.7 Å². The van der Waals surface area contributed by atoms with Crippen LogP contribution in [-0.2, 0) is 13.8 Å². The minimum Gasteiger partial charge on any atom is -0.361 e. The highest BCUT2D eigenvalue weighted by atomic mass is 35.7. The second kappa shape index (κ2) is 7.17. The van der Waals surface area contributed by atoms with Gasteiger partial charge in [0, 0.05) is 10.7 Å². The van der Waals surface area contributed by atoms with Crippen LogP contribution in [0.4, 0.5) is 26.3 Å². The highest BCUT2D eigenvalue weighted by molar-refractivity contribution is 8.13. The highest BCUT2D eigenvalue weighted by Gasteiger charge is 2.58. The molecular formula is C9H13ClF6O3S. The largest absolute Gasteiger partial charge is 0.423 e. The normalized spacial score (nSPS) is 15.7. The van der Waals surface area contributed by atoms with Crippen molar-refractivity contribution in [2.24, 2.45) is 5.92 Å². The van der Waals surface area contributed by atoms with E-state index in [0.29, 0.717) is 6.42 Å². The number of halogens is 7. The molecule has 0 aromatic rings. The van der Waals surface area contributed by atoms with Crippen molar-refractivity contribution in [3.63, 3.8) is 0 Å². The van der Waals surface area contributed by atoms with Gasteiger partial charge < -0.3 is 4.74 Å². The van der Waals surface area contributed by atoms with E-state index in [4.69, 9.17) is 10.7 Å². The molecule has 1 atom stereocenters. The lowest BCUT2D eigenvalue weighted by molar-refractivity contribution is -0.323. The molecule has 0 aliphatic rings. The Morgan fingerprint density at radius 3 is 1.85 bits per heavy atom. The van der Waals surface area contributed by atoms with Crippen molar-refractivity contribution >= 4 is 19.7 Å². The molecule has 0 aliphatic heterocycles.